The van der Waals surface area contributed by atoms with Crippen LogP contribution in [0.2, 0.25) is 0 Å². The minimum Gasteiger partial charge on any atom is -0.472 e. The van der Waals surface area contributed by atoms with E-state index in [0.717, 1.165) is 5.56 Å². The lowest BCUT2D eigenvalue weighted by Crippen LogP contribution is -2.40. The first-order valence-electron chi connectivity index (χ1n) is 6.33. The van der Waals surface area contributed by atoms with Crippen molar-refractivity contribution in [1.82, 2.24) is 0 Å². The van der Waals surface area contributed by atoms with Crippen molar-refractivity contribution in [3.63, 3.8) is 0 Å². The number of aliphatic imine (C=N–C) groups is 1. The highest BCUT2D eigenvalue weighted by atomic mass is 16.5. The molecule has 2 atom stereocenters. The molecule has 98 valence electrons. The van der Waals surface area contributed by atoms with Gasteiger partial charge in [-0.15, -0.1) is 0 Å². The molecule has 1 N–H and O–H groups in total. The van der Waals surface area contributed by atoms with E-state index in [4.69, 9.17) is 4.74 Å². The van der Waals surface area contributed by atoms with Crippen LogP contribution in [0.5, 0.6) is 0 Å². The highest BCUT2D eigenvalue weighted by molar-refractivity contribution is 5.95. The molecule has 1 aromatic carbocycles. The molecule has 2 rings (SSSR count). The molecule has 0 saturated heterocycles. The molecule has 0 aromatic heterocycles. The standard InChI is InChI=1S/C15H21NO2/c1-9-6-10(2)8-12(7-9)14-16-13(11(3)18-14)15(4,5)17/h6-8,11,13,17H,1-5H3/t11-,13-/m0/s1. The Morgan fingerprint density at radius 1 is 1.17 bits per heavy atom. The van der Waals surface area contributed by atoms with Gasteiger partial charge >= 0.3 is 0 Å². The first-order valence-corrected chi connectivity index (χ1v) is 6.33. The topological polar surface area (TPSA) is 41.8 Å². The lowest BCUT2D eigenvalue weighted by atomic mass is 9.96. The molecule has 0 amide bonds. The van der Waals surface area contributed by atoms with Crippen molar-refractivity contribution >= 4 is 5.90 Å². The van der Waals surface area contributed by atoms with E-state index in [1.54, 1.807) is 13.8 Å². The summed E-state index contributed by atoms with van der Waals surface area (Å²) >= 11 is 0. The zero-order valence-electron chi connectivity index (χ0n) is 11.7. The molecule has 0 spiro atoms. The van der Waals surface area contributed by atoms with Gasteiger partial charge in [0, 0.05) is 5.56 Å². The summed E-state index contributed by atoms with van der Waals surface area (Å²) in [4.78, 5) is 4.54. The predicted octanol–water partition coefficient (Wildman–Crippen LogP) is 2.61. The van der Waals surface area contributed by atoms with Gasteiger partial charge in [-0.1, -0.05) is 17.2 Å². The van der Waals surface area contributed by atoms with Crippen molar-refractivity contribution in [3.8, 4) is 0 Å². The van der Waals surface area contributed by atoms with Gasteiger partial charge in [0.25, 0.3) is 0 Å². The molecule has 18 heavy (non-hydrogen) atoms. The average Bonchev–Trinajstić information content (AvgIpc) is 2.58. The van der Waals surface area contributed by atoms with Gasteiger partial charge in [-0.3, -0.25) is 0 Å². The Kier molecular flexibility index (Phi) is 3.20. The summed E-state index contributed by atoms with van der Waals surface area (Å²) in [6.07, 6.45) is -0.0965. The second kappa shape index (κ2) is 4.39. The van der Waals surface area contributed by atoms with Gasteiger partial charge < -0.3 is 9.84 Å². The molecule has 1 aromatic rings. The lowest BCUT2D eigenvalue weighted by Gasteiger charge is -2.25. The molecular formula is C15H21NO2. The van der Waals surface area contributed by atoms with Crippen molar-refractivity contribution in [2.24, 2.45) is 4.99 Å². The van der Waals surface area contributed by atoms with Crippen LogP contribution in [0.25, 0.3) is 0 Å². The van der Waals surface area contributed by atoms with Crippen LogP contribution in [-0.4, -0.2) is 28.8 Å². The first-order chi connectivity index (χ1) is 8.27. The third-order valence-corrected chi connectivity index (χ3v) is 3.19. The molecule has 0 radical (unpaired) electrons. The molecule has 0 unspecified atom stereocenters. The summed E-state index contributed by atoms with van der Waals surface area (Å²) < 4.78 is 5.79. The quantitative estimate of drug-likeness (QED) is 0.872. The molecule has 3 nitrogen and oxygen atoms in total. The van der Waals surface area contributed by atoms with Crippen molar-refractivity contribution < 1.29 is 9.84 Å². The molecule has 0 saturated carbocycles. The second-order valence-electron chi connectivity index (χ2n) is 5.73. The Hall–Kier alpha value is -1.35. The van der Waals surface area contributed by atoms with Gasteiger partial charge in [-0.05, 0) is 46.8 Å². The smallest absolute Gasteiger partial charge is 0.216 e. The minimum atomic E-state index is -0.861. The molecule has 0 aliphatic carbocycles. The molecule has 0 fully saturated rings. The third kappa shape index (κ3) is 2.56. The van der Waals surface area contributed by atoms with E-state index in [0.29, 0.717) is 5.90 Å². The second-order valence-corrected chi connectivity index (χ2v) is 5.73. The maximum atomic E-state index is 10.1. The SMILES string of the molecule is Cc1cc(C)cc(C2=N[C@H](C(C)(C)O)[C@H](C)O2)c1. The highest BCUT2D eigenvalue weighted by Gasteiger charge is 2.38. The van der Waals surface area contributed by atoms with Gasteiger partial charge in [0.1, 0.15) is 12.1 Å². The van der Waals surface area contributed by atoms with Crippen LogP contribution < -0.4 is 0 Å². The fourth-order valence-electron chi connectivity index (χ4n) is 2.48. The Bertz CT molecular complexity index is 466. The normalized spacial score (nSPS) is 23.8. The van der Waals surface area contributed by atoms with Crippen LogP contribution in [0.4, 0.5) is 0 Å². The Morgan fingerprint density at radius 3 is 2.17 bits per heavy atom. The molecule has 1 aliphatic rings. The van der Waals surface area contributed by atoms with Gasteiger partial charge in [0.2, 0.25) is 5.90 Å². The fourth-order valence-corrected chi connectivity index (χ4v) is 2.48. The maximum absolute atomic E-state index is 10.1. The first kappa shape index (κ1) is 13.1. The summed E-state index contributed by atoms with van der Waals surface area (Å²) in [5.41, 5.74) is 2.51. The van der Waals surface area contributed by atoms with E-state index in [-0.39, 0.29) is 12.1 Å². The zero-order chi connectivity index (χ0) is 13.5. The van der Waals surface area contributed by atoms with Crippen LogP contribution in [0.15, 0.2) is 23.2 Å². The predicted molar refractivity (Wildman–Crippen MR) is 73.1 cm³/mol. The summed E-state index contributed by atoms with van der Waals surface area (Å²) in [6.45, 7) is 9.60. The van der Waals surface area contributed by atoms with E-state index in [1.807, 2.05) is 6.92 Å². The summed E-state index contributed by atoms with van der Waals surface area (Å²) in [7, 11) is 0. The van der Waals surface area contributed by atoms with Crippen LogP contribution in [0.1, 0.15) is 37.5 Å². The van der Waals surface area contributed by atoms with Crippen molar-refractivity contribution in [3.05, 3.63) is 34.9 Å². The van der Waals surface area contributed by atoms with Crippen LogP contribution in [0, 0.1) is 13.8 Å². The summed E-state index contributed by atoms with van der Waals surface area (Å²) in [6, 6.07) is 6.03. The number of ether oxygens (including phenoxy) is 1. The number of benzene rings is 1. The molecule has 0 bridgehead atoms. The number of aliphatic hydroxyl groups is 1. The van der Waals surface area contributed by atoms with Gasteiger partial charge in [-0.25, -0.2) is 4.99 Å². The largest absolute Gasteiger partial charge is 0.472 e. The van der Waals surface area contributed by atoms with Gasteiger partial charge in [0.15, 0.2) is 0 Å². The monoisotopic (exact) mass is 247 g/mol. The van der Waals surface area contributed by atoms with E-state index >= 15 is 0 Å². The third-order valence-electron chi connectivity index (χ3n) is 3.19. The summed E-state index contributed by atoms with van der Waals surface area (Å²) in [5, 5.41) is 10.1. The number of rotatable bonds is 2. The number of nitrogens with zero attached hydrogens (tertiary/aromatic N) is 1. The van der Waals surface area contributed by atoms with Crippen LogP contribution >= 0.6 is 0 Å². The fraction of sp³-hybridized carbons (Fsp3) is 0.533. The summed E-state index contributed by atoms with van der Waals surface area (Å²) in [5.74, 6) is 0.640. The number of hydrogen-bond donors (Lipinski definition) is 1. The van der Waals surface area contributed by atoms with E-state index < -0.39 is 5.60 Å². The molecule has 1 aliphatic heterocycles. The zero-order valence-corrected chi connectivity index (χ0v) is 11.7. The number of aryl methyl sites for hydroxylation is 2. The highest BCUT2D eigenvalue weighted by Crippen LogP contribution is 2.26. The Balaban J connectivity index is 2.35. The molecule has 3 heteroatoms. The Morgan fingerprint density at radius 2 is 1.72 bits per heavy atom. The number of hydrogen-bond acceptors (Lipinski definition) is 3. The molecule has 1 heterocycles. The van der Waals surface area contributed by atoms with E-state index in [2.05, 4.69) is 37.0 Å². The van der Waals surface area contributed by atoms with E-state index in [1.165, 1.54) is 11.1 Å². The van der Waals surface area contributed by atoms with Gasteiger partial charge in [-0.2, -0.15) is 0 Å². The lowest BCUT2D eigenvalue weighted by molar-refractivity contribution is 0.0215. The van der Waals surface area contributed by atoms with E-state index in [9.17, 15) is 5.11 Å². The van der Waals surface area contributed by atoms with Crippen molar-refractivity contribution in [2.75, 3.05) is 0 Å². The Labute approximate surface area is 109 Å². The maximum Gasteiger partial charge on any atom is 0.216 e. The minimum absolute atomic E-state index is 0.0965. The van der Waals surface area contributed by atoms with Crippen LogP contribution in [-0.2, 0) is 4.74 Å². The van der Waals surface area contributed by atoms with Gasteiger partial charge in [0.05, 0.1) is 5.60 Å². The molecular weight excluding hydrogens is 226 g/mol. The van der Waals surface area contributed by atoms with Crippen molar-refractivity contribution in [2.45, 2.75) is 52.4 Å². The average molecular weight is 247 g/mol. The van der Waals surface area contributed by atoms with Crippen molar-refractivity contribution in [1.29, 1.82) is 0 Å². The van der Waals surface area contributed by atoms with Crippen LogP contribution in [0.3, 0.4) is 0 Å².